The number of benzene rings is 1. The van der Waals surface area contributed by atoms with Crippen molar-refractivity contribution in [2.75, 3.05) is 5.88 Å². The van der Waals surface area contributed by atoms with E-state index in [4.69, 9.17) is 16.6 Å². The van der Waals surface area contributed by atoms with Gasteiger partial charge in [-0.05, 0) is 18.6 Å². The highest BCUT2D eigenvalue weighted by atomic mass is 35.5. The lowest BCUT2D eigenvalue weighted by Gasteiger charge is -2.08. The van der Waals surface area contributed by atoms with Gasteiger partial charge in [0.15, 0.2) is 0 Å². The standard InChI is InChI=1S/C17H25ClN2/c1-2-3-4-5-6-9-14-20-16-11-8-7-10-15(16)19-17(20)12-13-18/h7-8,10-11H,2-6,9,12-14H2,1H3. The number of nitrogens with zero attached hydrogens (tertiary/aromatic N) is 2. The predicted octanol–water partition coefficient (Wildman–Crippen LogP) is 5.18. The van der Waals surface area contributed by atoms with Gasteiger partial charge in [-0.3, -0.25) is 0 Å². The Morgan fingerprint density at radius 1 is 1.05 bits per heavy atom. The van der Waals surface area contributed by atoms with Gasteiger partial charge in [0.2, 0.25) is 0 Å². The average Bonchev–Trinajstić information content (AvgIpc) is 2.81. The summed E-state index contributed by atoms with van der Waals surface area (Å²) in [5.41, 5.74) is 2.35. The second kappa shape index (κ2) is 8.31. The number of unbranched alkanes of at least 4 members (excludes halogenated alkanes) is 5. The second-order valence-corrected chi connectivity index (χ2v) is 5.75. The van der Waals surface area contributed by atoms with Crippen molar-refractivity contribution in [1.82, 2.24) is 9.55 Å². The summed E-state index contributed by atoms with van der Waals surface area (Å²) in [4.78, 5) is 4.71. The van der Waals surface area contributed by atoms with Gasteiger partial charge in [0.05, 0.1) is 11.0 Å². The van der Waals surface area contributed by atoms with Gasteiger partial charge in [-0.1, -0.05) is 51.2 Å². The zero-order chi connectivity index (χ0) is 14.2. The molecule has 110 valence electrons. The molecule has 1 heterocycles. The number of aryl methyl sites for hydroxylation is 2. The summed E-state index contributed by atoms with van der Waals surface area (Å²) < 4.78 is 2.36. The van der Waals surface area contributed by atoms with E-state index in [2.05, 4.69) is 35.8 Å². The van der Waals surface area contributed by atoms with E-state index >= 15 is 0 Å². The third-order valence-electron chi connectivity index (χ3n) is 3.79. The van der Waals surface area contributed by atoms with Crippen LogP contribution in [0.15, 0.2) is 24.3 Å². The number of rotatable bonds is 9. The Morgan fingerprint density at radius 3 is 2.60 bits per heavy atom. The van der Waals surface area contributed by atoms with Crippen LogP contribution < -0.4 is 0 Å². The first kappa shape index (κ1) is 15.4. The minimum Gasteiger partial charge on any atom is -0.328 e. The van der Waals surface area contributed by atoms with Crippen molar-refractivity contribution < 1.29 is 0 Å². The normalized spacial score (nSPS) is 11.3. The molecule has 0 saturated carbocycles. The first-order valence-corrected chi connectivity index (χ1v) is 8.40. The largest absolute Gasteiger partial charge is 0.328 e. The van der Waals surface area contributed by atoms with Gasteiger partial charge in [0, 0.05) is 18.8 Å². The van der Waals surface area contributed by atoms with Gasteiger partial charge in [0.25, 0.3) is 0 Å². The Kier molecular flexibility index (Phi) is 6.38. The molecule has 0 atom stereocenters. The molecule has 20 heavy (non-hydrogen) atoms. The fourth-order valence-electron chi connectivity index (χ4n) is 2.70. The minimum absolute atomic E-state index is 0.639. The van der Waals surface area contributed by atoms with Crippen LogP contribution in [0.2, 0.25) is 0 Å². The number of fused-ring (bicyclic) bond motifs is 1. The van der Waals surface area contributed by atoms with Gasteiger partial charge in [-0.15, -0.1) is 11.6 Å². The zero-order valence-corrected chi connectivity index (χ0v) is 13.2. The molecule has 0 bridgehead atoms. The summed E-state index contributed by atoms with van der Waals surface area (Å²) in [6.07, 6.45) is 8.80. The first-order valence-electron chi connectivity index (χ1n) is 7.87. The van der Waals surface area contributed by atoms with Crippen LogP contribution in [-0.4, -0.2) is 15.4 Å². The van der Waals surface area contributed by atoms with E-state index in [-0.39, 0.29) is 0 Å². The average molecular weight is 293 g/mol. The van der Waals surface area contributed by atoms with Crippen molar-refractivity contribution in [3.05, 3.63) is 30.1 Å². The molecule has 0 fully saturated rings. The summed E-state index contributed by atoms with van der Waals surface area (Å²) >= 11 is 5.90. The maximum Gasteiger partial charge on any atom is 0.111 e. The smallest absolute Gasteiger partial charge is 0.111 e. The van der Waals surface area contributed by atoms with E-state index in [0.29, 0.717) is 5.88 Å². The van der Waals surface area contributed by atoms with Crippen molar-refractivity contribution in [2.24, 2.45) is 0 Å². The van der Waals surface area contributed by atoms with Crippen LogP contribution in [0.4, 0.5) is 0 Å². The van der Waals surface area contributed by atoms with E-state index in [1.165, 1.54) is 44.0 Å². The van der Waals surface area contributed by atoms with Crippen LogP contribution in [0.25, 0.3) is 11.0 Å². The second-order valence-electron chi connectivity index (χ2n) is 5.38. The molecular formula is C17H25ClN2. The molecule has 3 heteroatoms. The fraction of sp³-hybridized carbons (Fsp3) is 0.588. The molecule has 0 saturated heterocycles. The molecule has 1 aromatic carbocycles. The Labute approximate surface area is 127 Å². The Bertz CT molecular complexity index is 519. The quantitative estimate of drug-likeness (QED) is 0.460. The Hall–Kier alpha value is -1.02. The lowest BCUT2D eigenvalue weighted by molar-refractivity contribution is 0.554. The third-order valence-corrected chi connectivity index (χ3v) is 3.98. The third kappa shape index (κ3) is 3.99. The highest BCUT2D eigenvalue weighted by molar-refractivity contribution is 6.17. The van der Waals surface area contributed by atoms with E-state index in [1.54, 1.807) is 0 Å². The van der Waals surface area contributed by atoms with E-state index in [9.17, 15) is 0 Å². The lowest BCUT2D eigenvalue weighted by Crippen LogP contribution is -2.05. The van der Waals surface area contributed by atoms with E-state index in [1.807, 2.05) is 0 Å². The fourth-order valence-corrected chi connectivity index (χ4v) is 2.87. The van der Waals surface area contributed by atoms with Crippen molar-refractivity contribution >= 4 is 22.6 Å². The van der Waals surface area contributed by atoms with Crippen molar-refractivity contribution in [2.45, 2.75) is 58.4 Å². The molecule has 0 aliphatic heterocycles. The summed E-state index contributed by atoms with van der Waals surface area (Å²) in [6, 6.07) is 8.39. The number of aromatic nitrogens is 2. The molecule has 0 amide bonds. The van der Waals surface area contributed by atoms with Crippen molar-refractivity contribution in [1.29, 1.82) is 0 Å². The van der Waals surface area contributed by atoms with Crippen molar-refractivity contribution in [3.63, 3.8) is 0 Å². The SMILES string of the molecule is CCCCCCCCn1c(CCCl)nc2ccccc21. The first-order chi connectivity index (χ1) is 9.86. The van der Waals surface area contributed by atoms with E-state index < -0.39 is 0 Å². The van der Waals surface area contributed by atoms with Crippen LogP contribution in [0.5, 0.6) is 0 Å². The maximum atomic E-state index is 5.90. The van der Waals surface area contributed by atoms with Crippen LogP contribution in [0.1, 0.15) is 51.3 Å². The molecule has 0 aliphatic rings. The van der Waals surface area contributed by atoms with Crippen LogP contribution in [0, 0.1) is 0 Å². The summed E-state index contributed by atoms with van der Waals surface area (Å²) in [6.45, 7) is 3.33. The van der Waals surface area contributed by atoms with Gasteiger partial charge < -0.3 is 4.57 Å². The maximum absolute atomic E-state index is 5.90. The highest BCUT2D eigenvalue weighted by Crippen LogP contribution is 2.18. The molecule has 0 radical (unpaired) electrons. The molecule has 0 aliphatic carbocycles. The highest BCUT2D eigenvalue weighted by Gasteiger charge is 2.09. The van der Waals surface area contributed by atoms with Crippen LogP contribution in [0.3, 0.4) is 0 Å². The minimum atomic E-state index is 0.639. The number of hydrogen-bond donors (Lipinski definition) is 0. The van der Waals surface area contributed by atoms with Gasteiger partial charge >= 0.3 is 0 Å². The number of imidazole rings is 1. The topological polar surface area (TPSA) is 17.8 Å². The number of halogens is 1. The van der Waals surface area contributed by atoms with Gasteiger partial charge in [-0.25, -0.2) is 4.98 Å². The lowest BCUT2D eigenvalue weighted by atomic mass is 10.1. The number of alkyl halides is 1. The number of para-hydroxylation sites is 2. The number of hydrogen-bond acceptors (Lipinski definition) is 1. The van der Waals surface area contributed by atoms with Gasteiger partial charge in [-0.2, -0.15) is 0 Å². The van der Waals surface area contributed by atoms with Crippen molar-refractivity contribution in [3.8, 4) is 0 Å². The monoisotopic (exact) mass is 292 g/mol. The molecule has 2 aromatic rings. The summed E-state index contributed by atoms with van der Waals surface area (Å²) in [5.74, 6) is 1.77. The molecule has 1 aromatic heterocycles. The molecule has 0 N–H and O–H groups in total. The predicted molar refractivity (Wildman–Crippen MR) is 87.5 cm³/mol. The molecular weight excluding hydrogens is 268 g/mol. The van der Waals surface area contributed by atoms with Gasteiger partial charge in [0.1, 0.15) is 5.82 Å². The molecule has 0 unspecified atom stereocenters. The van der Waals surface area contributed by atoms with Crippen LogP contribution in [-0.2, 0) is 13.0 Å². The zero-order valence-electron chi connectivity index (χ0n) is 12.4. The molecule has 0 spiro atoms. The summed E-state index contributed by atoms with van der Waals surface area (Å²) in [5, 5.41) is 0. The molecule has 2 rings (SSSR count). The van der Waals surface area contributed by atoms with Crippen LogP contribution >= 0.6 is 11.6 Å². The Morgan fingerprint density at radius 2 is 1.80 bits per heavy atom. The Balaban J connectivity index is 1.98. The molecule has 2 nitrogen and oxygen atoms in total. The summed E-state index contributed by atoms with van der Waals surface area (Å²) in [7, 11) is 0. The van der Waals surface area contributed by atoms with E-state index in [0.717, 1.165) is 24.3 Å².